The van der Waals surface area contributed by atoms with E-state index in [9.17, 15) is 4.79 Å². The van der Waals surface area contributed by atoms with E-state index < -0.39 is 0 Å². The highest BCUT2D eigenvalue weighted by Crippen LogP contribution is 2.24. The van der Waals surface area contributed by atoms with Gasteiger partial charge in [-0.15, -0.1) is 0 Å². The van der Waals surface area contributed by atoms with E-state index in [2.05, 4.69) is 15.6 Å². The summed E-state index contributed by atoms with van der Waals surface area (Å²) in [7, 11) is 0. The minimum Gasteiger partial charge on any atom is -0.375 e. The quantitative estimate of drug-likeness (QED) is 0.892. The third-order valence-electron chi connectivity index (χ3n) is 2.56. The zero-order chi connectivity index (χ0) is 14.4. The van der Waals surface area contributed by atoms with Crippen molar-refractivity contribution in [2.75, 3.05) is 11.9 Å². The van der Waals surface area contributed by atoms with Gasteiger partial charge in [0.1, 0.15) is 0 Å². The van der Waals surface area contributed by atoms with Crippen LogP contribution in [0.15, 0.2) is 42.6 Å². The normalized spacial score (nSPS) is 10.1. The van der Waals surface area contributed by atoms with Crippen LogP contribution in [0.5, 0.6) is 0 Å². The molecule has 0 spiro atoms. The highest BCUT2D eigenvalue weighted by molar-refractivity contribution is 6.36. The Morgan fingerprint density at radius 3 is 2.75 bits per heavy atom. The minimum atomic E-state index is -0.137. The van der Waals surface area contributed by atoms with Gasteiger partial charge in [-0.05, 0) is 30.3 Å². The number of anilines is 1. The van der Waals surface area contributed by atoms with E-state index in [-0.39, 0.29) is 12.5 Å². The molecule has 0 bridgehead atoms. The summed E-state index contributed by atoms with van der Waals surface area (Å²) in [6.45, 7) is 0.532. The smallest absolute Gasteiger partial charge is 0.239 e. The predicted molar refractivity (Wildman–Crippen MR) is 81.0 cm³/mol. The SMILES string of the molecule is O=C(CNc1ccc(Cl)cc1Cl)NCc1ccccn1. The molecule has 0 aliphatic heterocycles. The molecule has 104 valence electrons. The van der Waals surface area contributed by atoms with Gasteiger partial charge in [-0.25, -0.2) is 0 Å². The summed E-state index contributed by atoms with van der Waals surface area (Å²) in [5.74, 6) is -0.137. The highest BCUT2D eigenvalue weighted by atomic mass is 35.5. The van der Waals surface area contributed by atoms with Crippen LogP contribution in [0.2, 0.25) is 10.0 Å². The first-order valence-corrected chi connectivity index (χ1v) is 6.76. The van der Waals surface area contributed by atoms with Crippen molar-refractivity contribution in [1.29, 1.82) is 0 Å². The highest BCUT2D eigenvalue weighted by Gasteiger charge is 2.04. The second kappa shape index (κ2) is 7.12. The number of nitrogens with one attached hydrogen (secondary N) is 2. The lowest BCUT2D eigenvalue weighted by Crippen LogP contribution is -2.29. The summed E-state index contributed by atoms with van der Waals surface area (Å²) >= 11 is 11.8. The van der Waals surface area contributed by atoms with Gasteiger partial charge in [0.25, 0.3) is 0 Å². The molecule has 2 aromatic rings. The van der Waals surface area contributed by atoms with Crippen molar-refractivity contribution in [3.8, 4) is 0 Å². The van der Waals surface area contributed by atoms with E-state index in [1.165, 1.54) is 0 Å². The van der Waals surface area contributed by atoms with Crippen LogP contribution in [0.4, 0.5) is 5.69 Å². The molecular weight excluding hydrogens is 297 g/mol. The van der Waals surface area contributed by atoms with Gasteiger partial charge < -0.3 is 10.6 Å². The predicted octanol–water partition coefficient (Wildman–Crippen LogP) is 3.12. The van der Waals surface area contributed by atoms with E-state index in [0.717, 1.165) is 5.69 Å². The number of benzene rings is 1. The van der Waals surface area contributed by atoms with E-state index in [1.54, 1.807) is 24.4 Å². The fourth-order valence-electron chi connectivity index (χ4n) is 1.56. The van der Waals surface area contributed by atoms with Crippen molar-refractivity contribution < 1.29 is 4.79 Å². The lowest BCUT2D eigenvalue weighted by Gasteiger charge is -2.09. The summed E-state index contributed by atoms with van der Waals surface area (Å²) in [4.78, 5) is 15.8. The zero-order valence-electron chi connectivity index (χ0n) is 10.6. The van der Waals surface area contributed by atoms with Gasteiger partial charge in [0.2, 0.25) is 5.91 Å². The van der Waals surface area contributed by atoms with Crippen LogP contribution < -0.4 is 10.6 Å². The van der Waals surface area contributed by atoms with Crippen LogP contribution in [-0.4, -0.2) is 17.4 Å². The van der Waals surface area contributed by atoms with Crippen LogP contribution in [0, 0.1) is 0 Å². The number of carbonyl (C=O) groups is 1. The Balaban J connectivity index is 1.80. The third kappa shape index (κ3) is 4.40. The van der Waals surface area contributed by atoms with Gasteiger partial charge in [0.05, 0.1) is 29.5 Å². The van der Waals surface area contributed by atoms with Crippen LogP contribution in [0.1, 0.15) is 5.69 Å². The van der Waals surface area contributed by atoms with Gasteiger partial charge in [-0.1, -0.05) is 29.3 Å². The maximum atomic E-state index is 11.7. The first kappa shape index (κ1) is 14.6. The van der Waals surface area contributed by atoms with Crippen molar-refractivity contribution in [3.05, 3.63) is 58.3 Å². The molecule has 0 atom stereocenters. The summed E-state index contributed by atoms with van der Waals surface area (Å²) in [5.41, 5.74) is 1.48. The van der Waals surface area contributed by atoms with Crippen molar-refractivity contribution in [2.45, 2.75) is 6.54 Å². The average molecular weight is 310 g/mol. The first-order chi connectivity index (χ1) is 9.65. The molecule has 0 aliphatic rings. The number of hydrogen-bond donors (Lipinski definition) is 2. The van der Waals surface area contributed by atoms with Crippen molar-refractivity contribution in [3.63, 3.8) is 0 Å². The lowest BCUT2D eigenvalue weighted by molar-refractivity contribution is -0.119. The molecule has 0 aliphatic carbocycles. The summed E-state index contributed by atoms with van der Waals surface area (Å²) in [6.07, 6.45) is 1.69. The standard InChI is InChI=1S/C14H13Cl2N3O/c15-10-4-5-13(12(16)7-10)18-9-14(20)19-8-11-3-1-2-6-17-11/h1-7,18H,8-9H2,(H,19,20). The Morgan fingerprint density at radius 1 is 1.20 bits per heavy atom. The Labute approximate surface area is 127 Å². The van der Waals surface area contributed by atoms with E-state index in [0.29, 0.717) is 22.3 Å². The molecule has 20 heavy (non-hydrogen) atoms. The molecule has 0 fully saturated rings. The first-order valence-electron chi connectivity index (χ1n) is 6.00. The number of aromatic nitrogens is 1. The lowest BCUT2D eigenvalue weighted by atomic mass is 10.3. The summed E-state index contributed by atoms with van der Waals surface area (Å²) < 4.78 is 0. The molecule has 2 N–H and O–H groups in total. The number of pyridine rings is 1. The van der Waals surface area contributed by atoms with E-state index in [4.69, 9.17) is 23.2 Å². The van der Waals surface area contributed by atoms with Gasteiger partial charge >= 0.3 is 0 Å². The van der Waals surface area contributed by atoms with E-state index >= 15 is 0 Å². The summed E-state index contributed by atoms with van der Waals surface area (Å²) in [5, 5.41) is 6.76. The topological polar surface area (TPSA) is 54.0 Å². The number of carbonyl (C=O) groups excluding carboxylic acids is 1. The second-order valence-corrected chi connectivity index (χ2v) is 4.92. The van der Waals surface area contributed by atoms with Crippen LogP contribution in [0.3, 0.4) is 0 Å². The molecule has 0 saturated carbocycles. The van der Waals surface area contributed by atoms with Crippen LogP contribution >= 0.6 is 23.2 Å². The third-order valence-corrected chi connectivity index (χ3v) is 3.11. The van der Waals surface area contributed by atoms with Crippen LogP contribution in [0.25, 0.3) is 0 Å². The van der Waals surface area contributed by atoms with Gasteiger partial charge in [0.15, 0.2) is 0 Å². The number of hydrogen-bond acceptors (Lipinski definition) is 3. The van der Waals surface area contributed by atoms with Gasteiger partial charge in [-0.2, -0.15) is 0 Å². The molecule has 0 unspecified atom stereocenters. The van der Waals surface area contributed by atoms with Crippen molar-refractivity contribution in [1.82, 2.24) is 10.3 Å². The van der Waals surface area contributed by atoms with Gasteiger partial charge in [-0.3, -0.25) is 9.78 Å². The molecule has 1 heterocycles. The molecule has 1 aromatic heterocycles. The Kier molecular flexibility index (Phi) is 5.21. The summed E-state index contributed by atoms with van der Waals surface area (Å²) in [6, 6.07) is 10.6. The zero-order valence-corrected chi connectivity index (χ0v) is 12.1. The Bertz CT molecular complexity index is 590. The number of rotatable bonds is 5. The van der Waals surface area contributed by atoms with Crippen molar-refractivity contribution in [2.24, 2.45) is 0 Å². The van der Waals surface area contributed by atoms with Gasteiger partial charge in [0, 0.05) is 11.2 Å². The molecule has 1 aromatic carbocycles. The number of amides is 1. The molecule has 4 nitrogen and oxygen atoms in total. The molecule has 0 saturated heterocycles. The molecule has 2 rings (SSSR count). The average Bonchev–Trinajstić information content (AvgIpc) is 2.45. The fraction of sp³-hybridized carbons (Fsp3) is 0.143. The maximum absolute atomic E-state index is 11.7. The second-order valence-electron chi connectivity index (χ2n) is 4.08. The van der Waals surface area contributed by atoms with Crippen molar-refractivity contribution >= 4 is 34.8 Å². The monoisotopic (exact) mass is 309 g/mol. The molecule has 1 amide bonds. The Hall–Kier alpha value is -1.78. The van der Waals surface area contributed by atoms with Crippen LogP contribution in [-0.2, 0) is 11.3 Å². The largest absolute Gasteiger partial charge is 0.375 e. The molecular formula is C14H13Cl2N3O. The number of nitrogens with zero attached hydrogens (tertiary/aromatic N) is 1. The Morgan fingerprint density at radius 2 is 2.05 bits per heavy atom. The molecule has 6 heteroatoms. The minimum absolute atomic E-state index is 0.133. The molecule has 0 radical (unpaired) electrons. The number of halogens is 2. The van der Waals surface area contributed by atoms with E-state index in [1.807, 2.05) is 18.2 Å². The fourth-order valence-corrected chi connectivity index (χ4v) is 2.04. The maximum Gasteiger partial charge on any atom is 0.239 e.